The second-order valence-electron chi connectivity index (χ2n) is 5.94. The molecule has 7 nitrogen and oxygen atoms in total. The first-order valence-corrected chi connectivity index (χ1v) is 7.85. The summed E-state index contributed by atoms with van der Waals surface area (Å²) in [5, 5.41) is 3.83. The Labute approximate surface area is 140 Å². The third-order valence-electron chi connectivity index (χ3n) is 4.33. The number of amides is 1. The Kier molecular flexibility index (Phi) is 4.42. The highest BCUT2D eigenvalue weighted by Crippen LogP contribution is 2.32. The van der Waals surface area contributed by atoms with Crippen molar-refractivity contribution in [2.45, 2.75) is 26.2 Å². The lowest BCUT2D eigenvalue weighted by atomic mass is 10.1. The summed E-state index contributed by atoms with van der Waals surface area (Å²) in [4.78, 5) is 19.0. The normalized spacial score (nSPS) is 17.2. The van der Waals surface area contributed by atoms with Crippen LogP contribution < -0.4 is 9.47 Å². The number of likely N-dealkylation sites (tertiary alicyclic amines) is 1. The van der Waals surface area contributed by atoms with E-state index >= 15 is 0 Å². The lowest BCUT2D eigenvalue weighted by molar-refractivity contribution is 0.0788. The molecule has 1 amide bonds. The van der Waals surface area contributed by atoms with Crippen molar-refractivity contribution in [1.29, 1.82) is 0 Å². The molecular formula is C17H21N3O4. The van der Waals surface area contributed by atoms with Crippen molar-refractivity contribution in [2.24, 2.45) is 0 Å². The van der Waals surface area contributed by atoms with Crippen LogP contribution in [0.3, 0.4) is 0 Å². The van der Waals surface area contributed by atoms with Crippen LogP contribution >= 0.6 is 0 Å². The molecule has 2 heterocycles. The largest absolute Gasteiger partial charge is 0.493 e. The van der Waals surface area contributed by atoms with Crippen molar-refractivity contribution >= 4 is 5.91 Å². The van der Waals surface area contributed by atoms with Gasteiger partial charge in [-0.25, -0.2) is 0 Å². The van der Waals surface area contributed by atoms with Crippen LogP contribution in [-0.2, 0) is 0 Å². The summed E-state index contributed by atoms with van der Waals surface area (Å²) in [7, 11) is 3.14. The van der Waals surface area contributed by atoms with Gasteiger partial charge in [0.05, 0.1) is 20.1 Å². The number of aryl methyl sites for hydroxylation is 2. The molecule has 7 heteroatoms. The Morgan fingerprint density at radius 3 is 2.58 bits per heavy atom. The molecule has 0 radical (unpaired) electrons. The number of aromatic nitrogens is 2. The van der Waals surface area contributed by atoms with Gasteiger partial charge in [-0.1, -0.05) is 5.16 Å². The minimum absolute atomic E-state index is 0.0211. The molecule has 0 saturated carbocycles. The smallest absolute Gasteiger partial charge is 0.254 e. The zero-order valence-electron chi connectivity index (χ0n) is 14.3. The van der Waals surface area contributed by atoms with E-state index in [0.717, 1.165) is 12.0 Å². The fourth-order valence-electron chi connectivity index (χ4n) is 3.01. The second-order valence-corrected chi connectivity index (χ2v) is 5.94. The molecule has 1 aliphatic rings. The Morgan fingerprint density at radius 2 is 1.96 bits per heavy atom. The molecule has 128 valence electrons. The molecule has 1 fully saturated rings. The SMILES string of the molecule is COc1cc(C)c(C(=O)N2CC[C@H](c3nc(C)no3)C2)cc1OC. The Hall–Kier alpha value is -2.57. The Morgan fingerprint density at radius 1 is 1.25 bits per heavy atom. The molecule has 0 aliphatic carbocycles. The minimum atomic E-state index is -0.0211. The summed E-state index contributed by atoms with van der Waals surface area (Å²) in [5.74, 6) is 2.46. The lowest BCUT2D eigenvalue weighted by Crippen LogP contribution is -2.29. The van der Waals surface area contributed by atoms with Gasteiger partial charge in [0.15, 0.2) is 17.3 Å². The summed E-state index contributed by atoms with van der Waals surface area (Å²) < 4.78 is 15.8. The standard InChI is InChI=1S/C17H21N3O4/c1-10-7-14(22-3)15(23-4)8-13(10)17(21)20-6-5-12(9-20)16-18-11(2)19-24-16/h7-8,12H,5-6,9H2,1-4H3/t12-/m0/s1. The molecule has 1 saturated heterocycles. The third-order valence-corrected chi connectivity index (χ3v) is 4.33. The molecule has 0 bridgehead atoms. The van der Waals surface area contributed by atoms with Crippen molar-refractivity contribution in [2.75, 3.05) is 27.3 Å². The van der Waals surface area contributed by atoms with Crippen LogP contribution in [0.1, 0.15) is 40.0 Å². The molecule has 1 aromatic heterocycles. The average Bonchev–Trinajstić information content (AvgIpc) is 3.22. The van der Waals surface area contributed by atoms with Crippen LogP contribution in [-0.4, -0.2) is 48.3 Å². The van der Waals surface area contributed by atoms with Gasteiger partial charge in [-0.2, -0.15) is 4.98 Å². The van der Waals surface area contributed by atoms with Crippen LogP contribution in [0.4, 0.5) is 0 Å². The van der Waals surface area contributed by atoms with E-state index in [1.54, 1.807) is 27.2 Å². The predicted molar refractivity (Wildman–Crippen MR) is 86.6 cm³/mol. The first-order chi connectivity index (χ1) is 11.5. The van der Waals surface area contributed by atoms with Crippen molar-refractivity contribution in [1.82, 2.24) is 15.0 Å². The molecule has 0 spiro atoms. The molecule has 3 rings (SSSR count). The maximum atomic E-state index is 12.9. The van der Waals surface area contributed by atoms with Crippen molar-refractivity contribution in [3.63, 3.8) is 0 Å². The molecule has 1 aromatic carbocycles. The molecule has 1 aliphatic heterocycles. The molecular weight excluding hydrogens is 310 g/mol. The van der Waals surface area contributed by atoms with E-state index in [0.29, 0.717) is 41.9 Å². The molecule has 0 unspecified atom stereocenters. The number of carbonyl (C=O) groups excluding carboxylic acids is 1. The van der Waals surface area contributed by atoms with E-state index in [4.69, 9.17) is 14.0 Å². The number of methoxy groups -OCH3 is 2. The quantitative estimate of drug-likeness (QED) is 0.856. The van der Waals surface area contributed by atoms with Gasteiger partial charge in [0.25, 0.3) is 5.91 Å². The first-order valence-electron chi connectivity index (χ1n) is 7.85. The van der Waals surface area contributed by atoms with E-state index in [9.17, 15) is 4.79 Å². The summed E-state index contributed by atoms with van der Waals surface area (Å²) in [6.07, 6.45) is 0.819. The van der Waals surface area contributed by atoms with E-state index in [-0.39, 0.29) is 11.8 Å². The Balaban J connectivity index is 1.80. The van der Waals surface area contributed by atoms with Crippen molar-refractivity contribution in [3.8, 4) is 11.5 Å². The number of carbonyl (C=O) groups is 1. The fourth-order valence-corrected chi connectivity index (χ4v) is 3.01. The molecule has 2 aromatic rings. The van der Waals surface area contributed by atoms with Gasteiger partial charge in [-0.15, -0.1) is 0 Å². The Bertz CT molecular complexity index is 756. The van der Waals surface area contributed by atoms with Gasteiger partial charge >= 0.3 is 0 Å². The average molecular weight is 331 g/mol. The molecule has 24 heavy (non-hydrogen) atoms. The topological polar surface area (TPSA) is 77.7 Å². The van der Waals surface area contributed by atoms with Crippen LogP contribution in [0.15, 0.2) is 16.7 Å². The van der Waals surface area contributed by atoms with Crippen LogP contribution in [0.25, 0.3) is 0 Å². The number of ether oxygens (including phenoxy) is 2. The van der Waals surface area contributed by atoms with Gasteiger partial charge in [0.2, 0.25) is 5.89 Å². The van der Waals surface area contributed by atoms with Crippen LogP contribution in [0, 0.1) is 13.8 Å². The molecule has 0 N–H and O–H groups in total. The third kappa shape index (κ3) is 2.93. The van der Waals surface area contributed by atoms with E-state index in [1.807, 2.05) is 17.9 Å². The van der Waals surface area contributed by atoms with Gasteiger partial charge in [-0.05, 0) is 38.0 Å². The molecule has 1 atom stereocenters. The fraction of sp³-hybridized carbons (Fsp3) is 0.471. The highest BCUT2D eigenvalue weighted by molar-refractivity contribution is 5.96. The van der Waals surface area contributed by atoms with E-state index in [1.165, 1.54) is 0 Å². The summed E-state index contributed by atoms with van der Waals surface area (Å²) in [5.41, 5.74) is 1.48. The second kappa shape index (κ2) is 6.51. The zero-order chi connectivity index (χ0) is 17.3. The number of benzene rings is 1. The monoisotopic (exact) mass is 331 g/mol. The number of hydrogen-bond donors (Lipinski definition) is 0. The van der Waals surface area contributed by atoms with Gasteiger partial charge in [-0.3, -0.25) is 4.79 Å². The van der Waals surface area contributed by atoms with Gasteiger partial charge in [0, 0.05) is 18.7 Å². The first kappa shape index (κ1) is 16.3. The lowest BCUT2D eigenvalue weighted by Gasteiger charge is -2.19. The highest BCUT2D eigenvalue weighted by Gasteiger charge is 2.32. The summed E-state index contributed by atoms with van der Waals surface area (Å²) in [6.45, 7) is 4.93. The predicted octanol–water partition coefficient (Wildman–Crippen LogP) is 2.33. The summed E-state index contributed by atoms with van der Waals surface area (Å²) >= 11 is 0. The zero-order valence-corrected chi connectivity index (χ0v) is 14.3. The van der Waals surface area contributed by atoms with Gasteiger partial charge in [0.1, 0.15) is 0 Å². The van der Waals surface area contributed by atoms with Crippen molar-refractivity contribution < 1.29 is 18.8 Å². The van der Waals surface area contributed by atoms with E-state index in [2.05, 4.69) is 10.1 Å². The number of nitrogens with zero attached hydrogens (tertiary/aromatic N) is 3. The van der Waals surface area contributed by atoms with Gasteiger partial charge < -0.3 is 18.9 Å². The maximum absolute atomic E-state index is 12.9. The minimum Gasteiger partial charge on any atom is -0.493 e. The van der Waals surface area contributed by atoms with Crippen LogP contribution in [0.2, 0.25) is 0 Å². The maximum Gasteiger partial charge on any atom is 0.254 e. The number of hydrogen-bond acceptors (Lipinski definition) is 6. The highest BCUT2D eigenvalue weighted by atomic mass is 16.5. The summed E-state index contributed by atoms with van der Waals surface area (Å²) in [6, 6.07) is 3.56. The van der Waals surface area contributed by atoms with Crippen molar-refractivity contribution in [3.05, 3.63) is 35.0 Å². The van der Waals surface area contributed by atoms with Crippen LogP contribution in [0.5, 0.6) is 11.5 Å². The van der Waals surface area contributed by atoms with E-state index < -0.39 is 0 Å². The number of rotatable bonds is 4.